The molecule has 1 unspecified atom stereocenters. The average molecular weight is 172 g/mol. The van der Waals surface area contributed by atoms with E-state index in [1.165, 1.54) is 7.11 Å². The molecule has 0 amide bonds. The van der Waals surface area contributed by atoms with Crippen LogP contribution < -0.4 is 0 Å². The lowest BCUT2D eigenvalue weighted by Gasteiger charge is -2.26. The van der Waals surface area contributed by atoms with Gasteiger partial charge in [0.15, 0.2) is 0 Å². The topological polar surface area (TPSA) is 35.5 Å². The summed E-state index contributed by atoms with van der Waals surface area (Å²) >= 11 is 0. The third-order valence-corrected chi connectivity index (χ3v) is 1.46. The van der Waals surface area contributed by atoms with E-state index >= 15 is 0 Å². The summed E-state index contributed by atoms with van der Waals surface area (Å²) in [4.78, 5) is 10.7. The minimum absolute atomic E-state index is 0.143. The largest absolute Gasteiger partial charge is 0.508 e. The van der Waals surface area contributed by atoms with Gasteiger partial charge in [0.1, 0.15) is 6.10 Å². The zero-order valence-corrected chi connectivity index (χ0v) is 8.09. The molecular formula is C9H16O3. The van der Waals surface area contributed by atoms with E-state index in [4.69, 9.17) is 4.74 Å². The molecule has 12 heavy (non-hydrogen) atoms. The lowest BCUT2D eigenvalue weighted by Crippen LogP contribution is -2.29. The van der Waals surface area contributed by atoms with Gasteiger partial charge in [-0.1, -0.05) is 33.4 Å². The number of carbonyl (C=O) groups excluding carboxylic acids is 1. The van der Waals surface area contributed by atoms with E-state index in [0.29, 0.717) is 0 Å². The molecule has 3 nitrogen and oxygen atoms in total. The summed E-state index contributed by atoms with van der Waals surface area (Å²) in [5, 5.41) is 0. The van der Waals surface area contributed by atoms with Crippen molar-refractivity contribution >= 4 is 6.16 Å². The van der Waals surface area contributed by atoms with Crippen LogP contribution in [0.4, 0.5) is 4.79 Å². The summed E-state index contributed by atoms with van der Waals surface area (Å²) in [6.45, 7) is 9.46. The zero-order chi connectivity index (χ0) is 9.78. The summed E-state index contributed by atoms with van der Waals surface area (Å²) in [5.41, 5.74) is -0.143. The summed E-state index contributed by atoms with van der Waals surface area (Å²) in [6, 6.07) is 0. The number of hydrogen-bond acceptors (Lipinski definition) is 3. The highest BCUT2D eigenvalue weighted by atomic mass is 16.7. The second kappa shape index (κ2) is 4.14. The van der Waals surface area contributed by atoms with Gasteiger partial charge in [0.2, 0.25) is 0 Å². The van der Waals surface area contributed by atoms with E-state index in [2.05, 4.69) is 11.3 Å². The van der Waals surface area contributed by atoms with Crippen LogP contribution in [0.2, 0.25) is 0 Å². The molecule has 0 aromatic heterocycles. The third-order valence-electron chi connectivity index (χ3n) is 1.46. The van der Waals surface area contributed by atoms with Gasteiger partial charge in [-0.15, -0.1) is 0 Å². The molecule has 3 heteroatoms. The highest BCUT2D eigenvalue weighted by Gasteiger charge is 2.25. The summed E-state index contributed by atoms with van der Waals surface area (Å²) in [5.74, 6) is 0. The van der Waals surface area contributed by atoms with Crippen LogP contribution in [-0.4, -0.2) is 19.4 Å². The first kappa shape index (κ1) is 11.0. The predicted octanol–water partition coefficient (Wildman–Crippen LogP) is 2.37. The molecule has 0 bridgehead atoms. The molecule has 0 aromatic rings. The fourth-order valence-corrected chi connectivity index (χ4v) is 0.730. The van der Waals surface area contributed by atoms with Gasteiger partial charge in [-0.25, -0.2) is 4.79 Å². The van der Waals surface area contributed by atoms with Crippen LogP contribution in [0.3, 0.4) is 0 Å². The smallest absolute Gasteiger partial charge is 0.438 e. The molecule has 0 saturated heterocycles. The van der Waals surface area contributed by atoms with Crippen LogP contribution in [-0.2, 0) is 9.47 Å². The maximum absolute atomic E-state index is 10.7. The standard InChI is InChI=1S/C9H16O3/c1-6-7(9(2,3)4)12-8(10)11-5/h6-7H,1H2,2-5H3. The van der Waals surface area contributed by atoms with E-state index < -0.39 is 6.16 Å². The molecule has 0 aromatic carbocycles. The Hall–Kier alpha value is -0.990. The van der Waals surface area contributed by atoms with Crippen molar-refractivity contribution in [3.05, 3.63) is 12.7 Å². The number of ether oxygens (including phenoxy) is 2. The SMILES string of the molecule is C=CC(OC(=O)OC)C(C)(C)C. The lowest BCUT2D eigenvalue weighted by atomic mass is 9.89. The molecule has 0 rings (SSSR count). The second-order valence-corrected chi connectivity index (χ2v) is 3.59. The van der Waals surface area contributed by atoms with Gasteiger partial charge in [0.25, 0.3) is 0 Å². The second-order valence-electron chi connectivity index (χ2n) is 3.59. The Morgan fingerprint density at radius 3 is 2.25 bits per heavy atom. The number of hydrogen-bond donors (Lipinski definition) is 0. The first-order valence-electron chi connectivity index (χ1n) is 3.79. The average Bonchev–Trinajstić information content (AvgIpc) is 1.97. The van der Waals surface area contributed by atoms with Crippen molar-refractivity contribution < 1.29 is 14.3 Å². The van der Waals surface area contributed by atoms with Gasteiger partial charge < -0.3 is 9.47 Å². The molecule has 0 aliphatic carbocycles. The van der Waals surface area contributed by atoms with Gasteiger partial charge in [0, 0.05) is 5.41 Å². The summed E-state index contributed by atoms with van der Waals surface area (Å²) in [6.07, 6.45) is 0.608. The Morgan fingerprint density at radius 2 is 2.00 bits per heavy atom. The van der Waals surface area contributed by atoms with E-state index in [-0.39, 0.29) is 11.5 Å². The van der Waals surface area contributed by atoms with Crippen LogP contribution in [0.15, 0.2) is 12.7 Å². The van der Waals surface area contributed by atoms with Crippen molar-refractivity contribution in [2.45, 2.75) is 26.9 Å². The van der Waals surface area contributed by atoms with Gasteiger partial charge in [-0.2, -0.15) is 0 Å². The quantitative estimate of drug-likeness (QED) is 0.474. The Kier molecular flexibility index (Phi) is 3.80. The molecule has 1 atom stereocenters. The van der Waals surface area contributed by atoms with Crippen molar-refractivity contribution in [2.75, 3.05) is 7.11 Å². The van der Waals surface area contributed by atoms with E-state index in [9.17, 15) is 4.79 Å². The molecule has 0 spiro atoms. The lowest BCUT2D eigenvalue weighted by molar-refractivity contribution is 0.0146. The van der Waals surface area contributed by atoms with Crippen molar-refractivity contribution in [3.8, 4) is 0 Å². The highest BCUT2D eigenvalue weighted by molar-refractivity contribution is 5.60. The molecule has 0 fully saturated rings. The van der Waals surface area contributed by atoms with Gasteiger partial charge >= 0.3 is 6.16 Å². The van der Waals surface area contributed by atoms with Crippen molar-refractivity contribution in [2.24, 2.45) is 5.41 Å². The van der Waals surface area contributed by atoms with Crippen molar-refractivity contribution in [1.29, 1.82) is 0 Å². The van der Waals surface area contributed by atoms with Crippen LogP contribution in [0.25, 0.3) is 0 Å². The van der Waals surface area contributed by atoms with Crippen LogP contribution in [0.5, 0.6) is 0 Å². The molecule has 70 valence electrons. The number of methoxy groups -OCH3 is 1. The first-order valence-corrected chi connectivity index (χ1v) is 3.79. The van der Waals surface area contributed by atoms with Crippen LogP contribution in [0, 0.1) is 5.41 Å². The minimum atomic E-state index is -0.671. The molecule has 0 N–H and O–H groups in total. The van der Waals surface area contributed by atoms with Crippen LogP contribution >= 0.6 is 0 Å². The molecular weight excluding hydrogens is 156 g/mol. The molecule has 0 radical (unpaired) electrons. The van der Waals surface area contributed by atoms with E-state index in [1.54, 1.807) is 6.08 Å². The fourth-order valence-electron chi connectivity index (χ4n) is 0.730. The maximum atomic E-state index is 10.7. The normalized spacial score (nSPS) is 13.3. The molecule has 0 saturated carbocycles. The van der Waals surface area contributed by atoms with Crippen molar-refractivity contribution in [1.82, 2.24) is 0 Å². The zero-order valence-electron chi connectivity index (χ0n) is 8.09. The van der Waals surface area contributed by atoms with Gasteiger partial charge in [-0.05, 0) is 0 Å². The highest BCUT2D eigenvalue weighted by Crippen LogP contribution is 2.23. The monoisotopic (exact) mass is 172 g/mol. The van der Waals surface area contributed by atoms with Crippen LogP contribution in [0.1, 0.15) is 20.8 Å². The Bertz CT molecular complexity index is 167. The van der Waals surface area contributed by atoms with Gasteiger partial charge in [0.05, 0.1) is 7.11 Å². The number of rotatable bonds is 2. The van der Waals surface area contributed by atoms with E-state index in [0.717, 1.165) is 0 Å². The van der Waals surface area contributed by atoms with Crippen molar-refractivity contribution in [3.63, 3.8) is 0 Å². The molecule has 0 heterocycles. The minimum Gasteiger partial charge on any atom is -0.438 e. The fraction of sp³-hybridized carbons (Fsp3) is 0.667. The Balaban J connectivity index is 4.19. The van der Waals surface area contributed by atoms with E-state index in [1.807, 2.05) is 20.8 Å². The predicted molar refractivity (Wildman–Crippen MR) is 46.9 cm³/mol. The Morgan fingerprint density at radius 1 is 1.50 bits per heavy atom. The molecule has 0 aliphatic rings. The first-order chi connectivity index (χ1) is 5.41. The Labute approximate surface area is 73.4 Å². The summed E-state index contributed by atoms with van der Waals surface area (Å²) in [7, 11) is 1.28. The maximum Gasteiger partial charge on any atom is 0.508 e. The molecule has 0 aliphatic heterocycles. The van der Waals surface area contributed by atoms with Gasteiger partial charge in [-0.3, -0.25) is 0 Å². The number of carbonyl (C=O) groups is 1. The third kappa shape index (κ3) is 3.42. The summed E-state index contributed by atoms with van der Waals surface area (Å²) < 4.78 is 9.30.